The summed E-state index contributed by atoms with van der Waals surface area (Å²) >= 11 is 0. The normalized spacial score (nSPS) is 19.5. The van der Waals surface area contributed by atoms with Crippen molar-refractivity contribution in [1.29, 1.82) is 5.26 Å². The van der Waals surface area contributed by atoms with E-state index in [-0.39, 0.29) is 17.9 Å². The van der Waals surface area contributed by atoms with Crippen LogP contribution < -0.4 is 0 Å². The van der Waals surface area contributed by atoms with Crippen LogP contribution in [0, 0.1) is 11.3 Å². The molecule has 0 N–H and O–H groups in total. The Balaban J connectivity index is 1.61. The van der Waals surface area contributed by atoms with Gasteiger partial charge in [0.15, 0.2) is 0 Å². The third-order valence-electron chi connectivity index (χ3n) is 4.79. The minimum Gasteiger partial charge on any atom is -0.340 e. The Bertz CT molecular complexity index is 642. The zero-order valence-corrected chi connectivity index (χ0v) is 13.2. The van der Waals surface area contributed by atoms with Crippen LogP contribution in [0.3, 0.4) is 0 Å². The van der Waals surface area contributed by atoms with Gasteiger partial charge in [0.2, 0.25) is 5.91 Å². The van der Waals surface area contributed by atoms with Crippen LogP contribution in [0.25, 0.3) is 0 Å². The summed E-state index contributed by atoms with van der Waals surface area (Å²) in [6, 6.07) is 9.18. The SMILES string of the molecule is N#Cc1cccc(C(=O)N2CCC(N3CCCCC3=O)CC2)c1. The summed E-state index contributed by atoms with van der Waals surface area (Å²) in [5, 5.41) is 8.95. The van der Waals surface area contributed by atoms with Crippen molar-refractivity contribution in [2.75, 3.05) is 19.6 Å². The van der Waals surface area contributed by atoms with Crippen LogP contribution in [-0.4, -0.2) is 47.3 Å². The van der Waals surface area contributed by atoms with Gasteiger partial charge in [0, 0.05) is 37.7 Å². The molecule has 0 bridgehead atoms. The molecule has 0 unspecified atom stereocenters. The first kappa shape index (κ1) is 15.5. The molecule has 2 heterocycles. The van der Waals surface area contributed by atoms with Crippen LogP contribution in [0.5, 0.6) is 0 Å². The van der Waals surface area contributed by atoms with Gasteiger partial charge in [-0.15, -0.1) is 0 Å². The molecule has 23 heavy (non-hydrogen) atoms. The second-order valence-corrected chi connectivity index (χ2v) is 6.26. The molecule has 1 aromatic carbocycles. The minimum atomic E-state index is -0.0227. The van der Waals surface area contributed by atoms with Crippen molar-refractivity contribution in [2.24, 2.45) is 0 Å². The number of nitriles is 1. The van der Waals surface area contributed by atoms with E-state index >= 15 is 0 Å². The van der Waals surface area contributed by atoms with Crippen molar-refractivity contribution in [3.05, 3.63) is 35.4 Å². The number of hydrogen-bond donors (Lipinski definition) is 0. The van der Waals surface area contributed by atoms with Crippen molar-refractivity contribution in [3.63, 3.8) is 0 Å². The summed E-state index contributed by atoms with van der Waals surface area (Å²) in [4.78, 5) is 28.4. The molecule has 2 amide bonds. The molecule has 0 aliphatic carbocycles. The average molecular weight is 311 g/mol. The average Bonchev–Trinajstić information content (AvgIpc) is 2.62. The highest BCUT2D eigenvalue weighted by atomic mass is 16.2. The molecule has 2 fully saturated rings. The largest absolute Gasteiger partial charge is 0.340 e. The Hall–Kier alpha value is -2.35. The van der Waals surface area contributed by atoms with Crippen LogP contribution in [0.2, 0.25) is 0 Å². The first-order chi connectivity index (χ1) is 11.2. The standard InChI is InChI=1S/C18H21N3O2/c19-13-14-4-3-5-15(12-14)18(23)20-10-7-16(8-11-20)21-9-2-1-6-17(21)22/h3-5,12,16H,1-2,6-11H2. The number of carbonyl (C=O) groups is 2. The van der Waals surface area contributed by atoms with Crippen molar-refractivity contribution < 1.29 is 9.59 Å². The third kappa shape index (κ3) is 3.37. The highest BCUT2D eigenvalue weighted by Gasteiger charge is 2.30. The summed E-state index contributed by atoms with van der Waals surface area (Å²) in [6.07, 6.45) is 4.44. The lowest BCUT2D eigenvalue weighted by molar-refractivity contribution is -0.136. The van der Waals surface area contributed by atoms with Gasteiger partial charge in [-0.3, -0.25) is 9.59 Å². The van der Waals surface area contributed by atoms with Crippen LogP contribution in [0.15, 0.2) is 24.3 Å². The maximum Gasteiger partial charge on any atom is 0.253 e. The minimum absolute atomic E-state index is 0.0227. The smallest absolute Gasteiger partial charge is 0.253 e. The van der Waals surface area contributed by atoms with Gasteiger partial charge in [0.25, 0.3) is 5.91 Å². The van der Waals surface area contributed by atoms with E-state index in [1.54, 1.807) is 24.3 Å². The number of piperidine rings is 2. The van der Waals surface area contributed by atoms with E-state index in [1.807, 2.05) is 9.80 Å². The molecule has 0 saturated carbocycles. The number of carbonyl (C=O) groups excluding carboxylic acids is 2. The third-order valence-corrected chi connectivity index (χ3v) is 4.79. The second kappa shape index (κ2) is 6.82. The van der Waals surface area contributed by atoms with Gasteiger partial charge < -0.3 is 9.80 Å². The van der Waals surface area contributed by atoms with E-state index in [0.717, 1.165) is 32.2 Å². The molecule has 3 rings (SSSR count). The molecular formula is C18H21N3O2. The zero-order chi connectivity index (χ0) is 16.2. The number of likely N-dealkylation sites (tertiary alicyclic amines) is 2. The van der Waals surface area contributed by atoms with Gasteiger partial charge in [-0.2, -0.15) is 5.26 Å². The fourth-order valence-electron chi connectivity index (χ4n) is 3.50. The number of amides is 2. The summed E-state index contributed by atoms with van der Waals surface area (Å²) in [7, 11) is 0. The van der Waals surface area contributed by atoms with Gasteiger partial charge in [-0.25, -0.2) is 0 Å². The Labute approximate surface area is 136 Å². The highest BCUT2D eigenvalue weighted by Crippen LogP contribution is 2.22. The van der Waals surface area contributed by atoms with Crippen molar-refractivity contribution in [3.8, 4) is 6.07 Å². The molecular weight excluding hydrogens is 290 g/mol. The van der Waals surface area contributed by atoms with Gasteiger partial charge >= 0.3 is 0 Å². The Morgan fingerprint density at radius 2 is 1.96 bits per heavy atom. The topological polar surface area (TPSA) is 64.4 Å². The monoisotopic (exact) mass is 311 g/mol. The molecule has 2 aliphatic rings. The lowest BCUT2D eigenvalue weighted by atomic mass is 9.99. The van der Waals surface area contributed by atoms with Crippen LogP contribution in [0.4, 0.5) is 0 Å². The molecule has 120 valence electrons. The quantitative estimate of drug-likeness (QED) is 0.841. The van der Waals surface area contributed by atoms with E-state index in [1.165, 1.54) is 0 Å². The first-order valence-corrected chi connectivity index (χ1v) is 8.28. The Kier molecular flexibility index (Phi) is 4.61. The van der Waals surface area contributed by atoms with E-state index in [4.69, 9.17) is 5.26 Å². The number of benzene rings is 1. The lowest BCUT2D eigenvalue weighted by Gasteiger charge is -2.40. The predicted octanol–water partition coefficient (Wildman–Crippen LogP) is 2.18. The van der Waals surface area contributed by atoms with Gasteiger partial charge in [-0.05, 0) is 43.9 Å². The van der Waals surface area contributed by atoms with Gasteiger partial charge in [0.1, 0.15) is 0 Å². The van der Waals surface area contributed by atoms with Crippen molar-refractivity contribution >= 4 is 11.8 Å². The number of rotatable bonds is 2. The lowest BCUT2D eigenvalue weighted by Crippen LogP contribution is -2.50. The summed E-state index contributed by atoms with van der Waals surface area (Å²) in [5.74, 6) is 0.244. The summed E-state index contributed by atoms with van der Waals surface area (Å²) < 4.78 is 0. The fraction of sp³-hybridized carbons (Fsp3) is 0.500. The Morgan fingerprint density at radius 1 is 1.17 bits per heavy atom. The van der Waals surface area contributed by atoms with E-state index in [2.05, 4.69) is 6.07 Å². The van der Waals surface area contributed by atoms with E-state index in [0.29, 0.717) is 30.6 Å². The van der Waals surface area contributed by atoms with Gasteiger partial charge in [0.05, 0.1) is 11.6 Å². The van der Waals surface area contributed by atoms with Crippen LogP contribution in [-0.2, 0) is 4.79 Å². The van der Waals surface area contributed by atoms with Crippen molar-refractivity contribution in [1.82, 2.24) is 9.80 Å². The molecule has 0 aromatic heterocycles. The van der Waals surface area contributed by atoms with Crippen LogP contribution in [0.1, 0.15) is 48.0 Å². The predicted molar refractivity (Wildman–Crippen MR) is 85.6 cm³/mol. The number of nitrogens with zero attached hydrogens (tertiary/aromatic N) is 3. The fourth-order valence-corrected chi connectivity index (χ4v) is 3.50. The highest BCUT2D eigenvalue weighted by molar-refractivity contribution is 5.94. The molecule has 2 aliphatic heterocycles. The van der Waals surface area contributed by atoms with Gasteiger partial charge in [-0.1, -0.05) is 6.07 Å². The zero-order valence-electron chi connectivity index (χ0n) is 13.2. The van der Waals surface area contributed by atoms with Crippen LogP contribution >= 0.6 is 0 Å². The summed E-state index contributed by atoms with van der Waals surface area (Å²) in [5.41, 5.74) is 1.07. The maximum atomic E-state index is 12.6. The molecule has 0 spiro atoms. The Morgan fingerprint density at radius 3 is 2.65 bits per heavy atom. The van der Waals surface area contributed by atoms with Crippen molar-refractivity contribution in [2.45, 2.75) is 38.1 Å². The second-order valence-electron chi connectivity index (χ2n) is 6.26. The molecule has 0 radical (unpaired) electrons. The summed E-state index contributed by atoms with van der Waals surface area (Å²) in [6.45, 7) is 2.20. The molecule has 1 aromatic rings. The molecule has 5 nitrogen and oxygen atoms in total. The van der Waals surface area contributed by atoms with E-state index in [9.17, 15) is 9.59 Å². The molecule has 0 atom stereocenters. The maximum absolute atomic E-state index is 12.6. The van der Waals surface area contributed by atoms with E-state index < -0.39 is 0 Å². The first-order valence-electron chi connectivity index (χ1n) is 8.28. The molecule has 2 saturated heterocycles. The molecule has 5 heteroatoms. The number of hydrogen-bond acceptors (Lipinski definition) is 3.